The highest BCUT2D eigenvalue weighted by atomic mass is 32.1. The Bertz CT molecular complexity index is 2480. The normalized spacial score (nSPS) is 11.8. The lowest BCUT2D eigenvalue weighted by molar-refractivity contribution is 0.669. The first-order valence-electron chi connectivity index (χ1n) is 13.9. The maximum Gasteiger partial charge on any atom is 0.165 e. The Morgan fingerprint density at radius 2 is 1.19 bits per heavy atom. The van der Waals surface area contributed by atoms with E-state index in [0.717, 1.165) is 38.6 Å². The molecule has 9 aromatic rings. The molecule has 5 heteroatoms. The quantitative estimate of drug-likeness (QED) is 0.218. The van der Waals surface area contributed by atoms with E-state index in [1.54, 1.807) is 11.3 Å². The molecule has 0 aliphatic heterocycles. The largest absolute Gasteiger partial charge is 0.456 e. The van der Waals surface area contributed by atoms with E-state index < -0.39 is 0 Å². The highest BCUT2D eigenvalue weighted by molar-refractivity contribution is 7.26. The Morgan fingerprint density at radius 1 is 0.476 bits per heavy atom. The van der Waals surface area contributed by atoms with Gasteiger partial charge in [-0.05, 0) is 41.1 Å². The molecule has 0 aliphatic carbocycles. The van der Waals surface area contributed by atoms with Crippen molar-refractivity contribution in [3.05, 3.63) is 127 Å². The fourth-order valence-corrected chi connectivity index (χ4v) is 7.18. The number of furan rings is 1. The molecule has 3 aromatic heterocycles. The third kappa shape index (κ3) is 3.57. The molecule has 0 aliphatic rings. The summed E-state index contributed by atoms with van der Waals surface area (Å²) in [4.78, 5) is 15.1. The van der Waals surface area contributed by atoms with Crippen LogP contribution in [-0.4, -0.2) is 15.0 Å². The summed E-state index contributed by atoms with van der Waals surface area (Å²) >= 11 is 1.79. The Morgan fingerprint density at radius 3 is 2.10 bits per heavy atom. The summed E-state index contributed by atoms with van der Waals surface area (Å²) in [5.74, 6) is 1.92. The monoisotopic (exact) mass is 555 g/mol. The zero-order valence-corrected chi connectivity index (χ0v) is 23.1. The number of hydrogen-bond donors (Lipinski definition) is 0. The van der Waals surface area contributed by atoms with E-state index in [-0.39, 0.29) is 0 Å². The van der Waals surface area contributed by atoms with Crippen LogP contribution in [0, 0.1) is 0 Å². The summed E-state index contributed by atoms with van der Waals surface area (Å²) in [6.07, 6.45) is 0. The number of benzene rings is 6. The van der Waals surface area contributed by atoms with Gasteiger partial charge in [-0.15, -0.1) is 11.3 Å². The number of thiophene rings is 1. The molecule has 0 saturated heterocycles. The number of para-hydroxylation sites is 1. The zero-order chi connectivity index (χ0) is 27.6. The summed E-state index contributed by atoms with van der Waals surface area (Å²) in [7, 11) is 0. The minimum Gasteiger partial charge on any atom is -0.456 e. The van der Waals surface area contributed by atoms with Crippen LogP contribution in [0.3, 0.4) is 0 Å². The maximum absolute atomic E-state index is 6.20. The van der Waals surface area contributed by atoms with Gasteiger partial charge in [-0.3, -0.25) is 0 Å². The van der Waals surface area contributed by atoms with E-state index in [9.17, 15) is 0 Å². The van der Waals surface area contributed by atoms with E-state index in [1.165, 1.54) is 30.9 Å². The summed E-state index contributed by atoms with van der Waals surface area (Å²) in [6, 6.07) is 43.9. The molecule has 0 unspecified atom stereocenters. The summed E-state index contributed by atoms with van der Waals surface area (Å²) in [5, 5.41) is 7.18. The molecule has 0 bridgehead atoms. The Kier molecular flexibility index (Phi) is 5.03. The first-order chi connectivity index (χ1) is 20.8. The van der Waals surface area contributed by atoms with Crippen molar-refractivity contribution < 1.29 is 4.42 Å². The molecule has 42 heavy (non-hydrogen) atoms. The van der Waals surface area contributed by atoms with Crippen molar-refractivity contribution in [3.63, 3.8) is 0 Å². The van der Waals surface area contributed by atoms with Crippen molar-refractivity contribution in [1.82, 2.24) is 15.0 Å². The van der Waals surface area contributed by atoms with Crippen molar-refractivity contribution in [3.8, 4) is 34.2 Å². The van der Waals surface area contributed by atoms with Gasteiger partial charge in [-0.25, -0.2) is 15.0 Å². The SMILES string of the molecule is c1ccc(-c2nc(-c3ccc4c(c3)oc3ccccc34)nc(-c3cccc4c3sc3ccc5ccccc5c34)n2)cc1. The van der Waals surface area contributed by atoms with Gasteiger partial charge < -0.3 is 4.42 Å². The Hall–Kier alpha value is -5.39. The third-order valence-corrected chi connectivity index (χ3v) is 9.14. The lowest BCUT2D eigenvalue weighted by Gasteiger charge is -2.09. The Balaban J connectivity index is 1.30. The van der Waals surface area contributed by atoms with Crippen LogP contribution in [0.15, 0.2) is 132 Å². The second-order valence-corrected chi connectivity index (χ2v) is 11.5. The average molecular weight is 556 g/mol. The highest BCUT2D eigenvalue weighted by Gasteiger charge is 2.18. The van der Waals surface area contributed by atoms with Crippen molar-refractivity contribution in [2.75, 3.05) is 0 Å². The lowest BCUT2D eigenvalue weighted by atomic mass is 10.0. The molecular formula is C37H21N3OS. The molecule has 196 valence electrons. The number of fused-ring (bicyclic) bond motifs is 8. The van der Waals surface area contributed by atoms with Crippen LogP contribution < -0.4 is 0 Å². The molecule has 9 rings (SSSR count). The molecule has 6 aromatic carbocycles. The number of aromatic nitrogens is 3. The minimum absolute atomic E-state index is 0.616. The van der Waals surface area contributed by atoms with Crippen molar-refractivity contribution in [2.45, 2.75) is 0 Å². The van der Waals surface area contributed by atoms with E-state index in [1.807, 2.05) is 54.6 Å². The zero-order valence-electron chi connectivity index (χ0n) is 22.3. The van der Waals surface area contributed by atoms with E-state index in [0.29, 0.717) is 17.5 Å². The van der Waals surface area contributed by atoms with Crippen molar-refractivity contribution >= 4 is 64.2 Å². The molecule has 0 N–H and O–H groups in total. The van der Waals surface area contributed by atoms with E-state index in [2.05, 4.69) is 72.8 Å². The Labute approximate surface area is 244 Å². The van der Waals surface area contributed by atoms with Gasteiger partial charge in [0.05, 0.1) is 0 Å². The van der Waals surface area contributed by atoms with Gasteiger partial charge in [-0.1, -0.05) is 97.1 Å². The van der Waals surface area contributed by atoms with Crippen LogP contribution in [0.1, 0.15) is 0 Å². The van der Waals surface area contributed by atoms with Gasteiger partial charge in [0.1, 0.15) is 11.2 Å². The maximum atomic E-state index is 6.20. The molecule has 3 heterocycles. The van der Waals surface area contributed by atoms with E-state index >= 15 is 0 Å². The fraction of sp³-hybridized carbons (Fsp3) is 0. The smallest absolute Gasteiger partial charge is 0.165 e. The van der Waals surface area contributed by atoms with Crippen LogP contribution in [-0.2, 0) is 0 Å². The molecular weight excluding hydrogens is 534 g/mol. The second kappa shape index (κ2) is 9.06. The predicted octanol–water partition coefficient (Wildman–Crippen LogP) is 10.3. The topological polar surface area (TPSA) is 51.8 Å². The molecule has 0 atom stereocenters. The van der Waals surface area contributed by atoms with Crippen molar-refractivity contribution in [1.29, 1.82) is 0 Å². The molecule has 0 saturated carbocycles. The lowest BCUT2D eigenvalue weighted by Crippen LogP contribution is -2.00. The van der Waals surface area contributed by atoms with Gasteiger partial charge in [0, 0.05) is 47.6 Å². The van der Waals surface area contributed by atoms with Gasteiger partial charge in [0.2, 0.25) is 0 Å². The standard InChI is InChI=1S/C37H21N3OS/c1-2-10-23(11-3-1)35-38-36(24-17-19-27-26-13-6-7-16-30(26)41-31(27)21-24)40-37(39-35)29-15-8-14-28-33-25-12-5-4-9-22(25)18-20-32(33)42-34(28)29/h1-21H. The van der Waals surface area contributed by atoms with Gasteiger partial charge in [-0.2, -0.15) is 0 Å². The first kappa shape index (κ1) is 23.3. The number of rotatable bonds is 3. The van der Waals surface area contributed by atoms with E-state index in [4.69, 9.17) is 19.4 Å². The first-order valence-corrected chi connectivity index (χ1v) is 14.7. The molecule has 4 nitrogen and oxygen atoms in total. The van der Waals surface area contributed by atoms with Crippen LogP contribution in [0.2, 0.25) is 0 Å². The summed E-state index contributed by atoms with van der Waals surface area (Å²) in [6.45, 7) is 0. The number of nitrogens with zero attached hydrogens (tertiary/aromatic N) is 3. The summed E-state index contributed by atoms with van der Waals surface area (Å²) in [5.41, 5.74) is 4.52. The van der Waals surface area contributed by atoms with Gasteiger partial charge in [0.15, 0.2) is 17.5 Å². The van der Waals surface area contributed by atoms with Crippen LogP contribution in [0.4, 0.5) is 0 Å². The van der Waals surface area contributed by atoms with Gasteiger partial charge in [0.25, 0.3) is 0 Å². The average Bonchev–Trinajstić information content (AvgIpc) is 3.63. The molecule has 0 amide bonds. The number of hydrogen-bond acceptors (Lipinski definition) is 5. The third-order valence-electron chi connectivity index (χ3n) is 7.93. The van der Waals surface area contributed by atoms with Crippen LogP contribution >= 0.6 is 11.3 Å². The predicted molar refractivity (Wildman–Crippen MR) is 174 cm³/mol. The van der Waals surface area contributed by atoms with Crippen LogP contribution in [0.5, 0.6) is 0 Å². The summed E-state index contributed by atoms with van der Waals surface area (Å²) < 4.78 is 8.63. The fourth-order valence-electron chi connectivity index (χ4n) is 5.95. The van der Waals surface area contributed by atoms with Crippen LogP contribution in [0.25, 0.3) is 87.0 Å². The molecule has 0 fully saturated rings. The molecule has 0 spiro atoms. The highest BCUT2D eigenvalue weighted by Crippen LogP contribution is 2.42. The second-order valence-electron chi connectivity index (χ2n) is 10.4. The minimum atomic E-state index is 0.616. The molecule has 0 radical (unpaired) electrons. The van der Waals surface area contributed by atoms with Crippen molar-refractivity contribution in [2.24, 2.45) is 0 Å². The van der Waals surface area contributed by atoms with Gasteiger partial charge >= 0.3 is 0 Å².